The molecule has 4 heterocycles. The fourth-order valence-electron chi connectivity index (χ4n) is 2.56. The number of aromatic amines is 1. The molecule has 0 aliphatic carbocycles. The minimum atomic E-state index is 0.648. The molecule has 4 rings (SSSR count). The fourth-order valence-corrected chi connectivity index (χ4v) is 2.56. The monoisotopic (exact) mass is 243 g/mol. The maximum absolute atomic E-state index is 4.30. The van der Waals surface area contributed by atoms with Crippen molar-refractivity contribution in [3.63, 3.8) is 0 Å². The van der Waals surface area contributed by atoms with Crippen molar-refractivity contribution in [1.82, 2.24) is 34.9 Å². The summed E-state index contributed by atoms with van der Waals surface area (Å²) < 4.78 is 1.96. The zero-order valence-corrected chi connectivity index (χ0v) is 9.80. The Bertz CT molecular complexity index is 692. The first-order valence-corrected chi connectivity index (χ1v) is 6.14. The van der Waals surface area contributed by atoms with Crippen LogP contribution in [0.4, 0.5) is 0 Å². The predicted octanol–water partition coefficient (Wildman–Crippen LogP) is 0.153. The van der Waals surface area contributed by atoms with E-state index >= 15 is 0 Å². The van der Waals surface area contributed by atoms with Gasteiger partial charge in [0, 0.05) is 6.42 Å². The minimum absolute atomic E-state index is 0.648. The first-order chi connectivity index (χ1) is 8.92. The molecule has 3 aromatic rings. The second-order valence-electron chi connectivity index (χ2n) is 4.72. The van der Waals surface area contributed by atoms with Gasteiger partial charge in [0.2, 0.25) is 0 Å². The van der Waals surface area contributed by atoms with Gasteiger partial charge < -0.3 is 10.3 Å². The fraction of sp³-hybridized carbons (Fsp3) is 0.455. The summed E-state index contributed by atoms with van der Waals surface area (Å²) >= 11 is 0. The average molecular weight is 243 g/mol. The Morgan fingerprint density at radius 3 is 3.22 bits per heavy atom. The van der Waals surface area contributed by atoms with Crippen LogP contribution >= 0.6 is 0 Å². The summed E-state index contributed by atoms with van der Waals surface area (Å²) in [6.07, 6.45) is 5.53. The van der Waals surface area contributed by atoms with Crippen molar-refractivity contribution >= 4 is 16.8 Å². The first kappa shape index (κ1) is 9.95. The van der Waals surface area contributed by atoms with Gasteiger partial charge in [-0.2, -0.15) is 0 Å². The molecule has 1 fully saturated rings. The van der Waals surface area contributed by atoms with E-state index in [1.165, 1.54) is 6.42 Å². The van der Waals surface area contributed by atoms with E-state index in [4.69, 9.17) is 0 Å². The normalized spacial score (nSPS) is 20.1. The average Bonchev–Trinajstić information content (AvgIpc) is 3.08. The Morgan fingerprint density at radius 2 is 2.33 bits per heavy atom. The van der Waals surface area contributed by atoms with E-state index in [0.29, 0.717) is 11.6 Å². The molecule has 3 aromatic heterocycles. The van der Waals surface area contributed by atoms with Crippen molar-refractivity contribution in [1.29, 1.82) is 0 Å². The molecule has 0 bridgehead atoms. The SMILES string of the molecule is c1nc2ncn3c(CC4CCNC4)nnc3c2[nH]1. The number of nitrogens with one attached hydrogen (secondary N) is 2. The summed E-state index contributed by atoms with van der Waals surface area (Å²) in [6.45, 7) is 2.17. The van der Waals surface area contributed by atoms with E-state index in [1.54, 1.807) is 12.7 Å². The van der Waals surface area contributed by atoms with E-state index in [2.05, 4.69) is 30.5 Å². The van der Waals surface area contributed by atoms with Crippen LogP contribution < -0.4 is 5.32 Å². The molecule has 0 aromatic carbocycles. The van der Waals surface area contributed by atoms with Gasteiger partial charge in [-0.1, -0.05) is 0 Å². The van der Waals surface area contributed by atoms with Crippen molar-refractivity contribution in [3.05, 3.63) is 18.5 Å². The van der Waals surface area contributed by atoms with Crippen molar-refractivity contribution in [2.75, 3.05) is 13.1 Å². The Labute approximate surface area is 103 Å². The molecule has 1 aliphatic heterocycles. The second kappa shape index (κ2) is 3.74. The van der Waals surface area contributed by atoms with Gasteiger partial charge in [-0.05, 0) is 25.4 Å². The van der Waals surface area contributed by atoms with Crippen LogP contribution in [-0.4, -0.2) is 42.6 Å². The molecule has 7 nitrogen and oxygen atoms in total. The van der Waals surface area contributed by atoms with Gasteiger partial charge in [-0.25, -0.2) is 9.97 Å². The molecule has 0 spiro atoms. The van der Waals surface area contributed by atoms with Gasteiger partial charge >= 0.3 is 0 Å². The van der Waals surface area contributed by atoms with Crippen molar-refractivity contribution < 1.29 is 0 Å². The van der Waals surface area contributed by atoms with Crippen LogP contribution in [0.2, 0.25) is 0 Å². The quantitative estimate of drug-likeness (QED) is 0.669. The third-order valence-electron chi connectivity index (χ3n) is 3.54. The summed E-state index contributed by atoms with van der Waals surface area (Å²) in [6, 6.07) is 0. The second-order valence-corrected chi connectivity index (χ2v) is 4.72. The third kappa shape index (κ3) is 1.40. The van der Waals surface area contributed by atoms with E-state index in [1.807, 2.05) is 4.40 Å². The Balaban J connectivity index is 1.81. The summed E-state index contributed by atoms with van der Waals surface area (Å²) in [5.41, 5.74) is 2.34. The van der Waals surface area contributed by atoms with Gasteiger partial charge in [0.1, 0.15) is 17.7 Å². The summed E-state index contributed by atoms with van der Waals surface area (Å²) in [5, 5.41) is 11.9. The lowest BCUT2D eigenvalue weighted by molar-refractivity contribution is 0.558. The molecule has 1 unspecified atom stereocenters. The molecule has 1 aliphatic rings. The molecule has 0 saturated carbocycles. The van der Waals surface area contributed by atoms with Crippen LogP contribution in [0.25, 0.3) is 16.8 Å². The summed E-state index contributed by atoms with van der Waals surface area (Å²) in [7, 11) is 0. The number of nitrogens with zero attached hydrogens (tertiary/aromatic N) is 5. The smallest absolute Gasteiger partial charge is 0.189 e. The van der Waals surface area contributed by atoms with Gasteiger partial charge in [0.15, 0.2) is 11.3 Å². The Kier molecular flexibility index (Phi) is 2.07. The molecule has 0 radical (unpaired) electrons. The zero-order valence-electron chi connectivity index (χ0n) is 9.80. The van der Waals surface area contributed by atoms with Crippen LogP contribution in [0.15, 0.2) is 12.7 Å². The van der Waals surface area contributed by atoms with Gasteiger partial charge in [-0.15, -0.1) is 10.2 Å². The number of aromatic nitrogens is 6. The van der Waals surface area contributed by atoms with Crippen LogP contribution in [-0.2, 0) is 6.42 Å². The van der Waals surface area contributed by atoms with Gasteiger partial charge in [0.25, 0.3) is 0 Å². The molecule has 0 amide bonds. The van der Waals surface area contributed by atoms with E-state index < -0.39 is 0 Å². The number of H-pyrrole nitrogens is 1. The molecular weight excluding hydrogens is 230 g/mol. The molecule has 1 atom stereocenters. The van der Waals surface area contributed by atoms with E-state index in [9.17, 15) is 0 Å². The molecule has 2 N–H and O–H groups in total. The van der Waals surface area contributed by atoms with Crippen molar-refractivity contribution in [2.45, 2.75) is 12.8 Å². The van der Waals surface area contributed by atoms with E-state index in [0.717, 1.165) is 36.5 Å². The maximum Gasteiger partial charge on any atom is 0.189 e. The third-order valence-corrected chi connectivity index (χ3v) is 3.54. The van der Waals surface area contributed by atoms with Crippen molar-refractivity contribution in [3.8, 4) is 0 Å². The minimum Gasteiger partial charge on any atom is -0.340 e. The maximum atomic E-state index is 4.30. The van der Waals surface area contributed by atoms with Crippen molar-refractivity contribution in [2.24, 2.45) is 5.92 Å². The van der Waals surface area contributed by atoms with E-state index in [-0.39, 0.29) is 0 Å². The predicted molar refractivity (Wildman–Crippen MR) is 65.1 cm³/mol. The lowest BCUT2D eigenvalue weighted by Crippen LogP contribution is -2.12. The topological polar surface area (TPSA) is 83.8 Å². The zero-order chi connectivity index (χ0) is 11.9. The van der Waals surface area contributed by atoms with Crippen LogP contribution in [0.1, 0.15) is 12.2 Å². The van der Waals surface area contributed by atoms with Crippen LogP contribution in [0.5, 0.6) is 0 Å². The largest absolute Gasteiger partial charge is 0.340 e. The molecule has 92 valence electrons. The number of imidazole rings is 1. The van der Waals surface area contributed by atoms with Crippen LogP contribution in [0.3, 0.4) is 0 Å². The number of hydrogen-bond donors (Lipinski definition) is 2. The first-order valence-electron chi connectivity index (χ1n) is 6.14. The summed E-state index contributed by atoms with van der Waals surface area (Å²) in [5.74, 6) is 1.62. The lowest BCUT2D eigenvalue weighted by Gasteiger charge is -2.05. The van der Waals surface area contributed by atoms with Crippen LogP contribution in [0, 0.1) is 5.92 Å². The number of rotatable bonds is 2. The molecule has 18 heavy (non-hydrogen) atoms. The molecule has 1 saturated heterocycles. The highest BCUT2D eigenvalue weighted by Crippen LogP contribution is 2.17. The highest BCUT2D eigenvalue weighted by Gasteiger charge is 2.19. The highest BCUT2D eigenvalue weighted by molar-refractivity contribution is 5.84. The molecule has 7 heteroatoms. The summed E-state index contributed by atoms with van der Waals surface area (Å²) in [4.78, 5) is 11.5. The number of fused-ring (bicyclic) bond motifs is 3. The lowest BCUT2D eigenvalue weighted by atomic mass is 10.1. The standard InChI is InChI=1S/C11H13N7/c1-2-12-4-7(1)3-8-16-17-11-9-10(14-5-13-9)15-6-18(8)11/h5-7,12H,1-4H2,(H,13,14). The molecular formula is C11H13N7. The Hall–Kier alpha value is -2.02. The van der Waals surface area contributed by atoms with Gasteiger partial charge in [-0.3, -0.25) is 4.40 Å². The Morgan fingerprint density at radius 1 is 1.33 bits per heavy atom. The number of hydrogen-bond acceptors (Lipinski definition) is 5. The highest BCUT2D eigenvalue weighted by atomic mass is 15.3. The van der Waals surface area contributed by atoms with Gasteiger partial charge in [0.05, 0.1) is 6.33 Å².